The zero-order valence-corrected chi connectivity index (χ0v) is 13.2. The van der Waals surface area contributed by atoms with Crippen LogP contribution >= 0.6 is 0 Å². The molecule has 1 saturated heterocycles. The second-order valence-corrected chi connectivity index (χ2v) is 8.17. The van der Waals surface area contributed by atoms with Gasteiger partial charge in [-0.2, -0.15) is 0 Å². The van der Waals surface area contributed by atoms with E-state index in [4.69, 9.17) is 4.74 Å². The highest BCUT2D eigenvalue weighted by Gasteiger charge is 2.35. The van der Waals surface area contributed by atoms with E-state index >= 15 is 0 Å². The van der Waals surface area contributed by atoms with E-state index in [1.165, 1.54) is 12.8 Å². The van der Waals surface area contributed by atoms with Gasteiger partial charge in [-0.15, -0.1) is 0 Å². The molecule has 1 aliphatic carbocycles. The number of amides is 1. The van der Waals surface area contributed by atoms with E-state index < -0.39 is 15.9 Å². The van der Waals surface area contributed by atoms with E-state index in [9.17, 15) is 13.2 Å². The molecule has 0 radical (unpaired) electrons. The molecule has 0 N–H and O–H groups in total. The van der Waals surface area contributed by atoms with Crippen LogP contribution in [0.25, 0.3) is 0 Å². The maximum absolute atomic E-state index is 12.5. The van der Waals surface area contributed by atoms with E-state index in [1.807, 2.05) is 6.92 Å². The van der Waals surface area contributed by atoms with E-state index in [-0.39, 0.29) is 29.6 Å². The van der Waals surface area contributed by atoms with Gasteiger partial charge in [0.1, 0.15) is 6.10 Å². The van der Waals surface area contributed by atoms with Gasteiger partial charge in [-0.25, -0.2) is 8.42 Å². The number of sulfone groups is 1. The molecule has 1 amide bonds. The number of hydrogen-bond donors (Lipinski definition) is 0. The Morgan fingerprint density at radius 2 is 1.95 bits per heavy atom. The number of carbonyl (C=O) groups excluding carboxylic acids is 1. The predicted octanol–water partition coefficient (Wildman–Crippen LogP) is 1.37. The summed E-state index contributed by atoms with van der Waals surface area (Å²) in [6.45, 7) is 1.94. The van der Waals surface area contributed by atoms with Gasteiger partial charge in [0.25, 0.3) is 5.91 Å². The molecule has 116 valence electrons. The van der Waals surface area contributed by atoms with Crippen LogP contribution in [0.3, 0.4) is 0 Å². The van der Waals surface area contributed by atoms with Crippen molar-refractivity contribution in [1.82, 2.24) is 4.90 Å². The molecule has 0 spiro atoms. The molecule has 0 unspecified atom stereocenters. The van der Waals surface area contributed by atoms with Crippen LogP contribution in [0.4, 0.5) is 0 Å². The van der Waals surface area contributed by atoms with Gasteiger partial charge in [-0.1, -0.05) is 19.8 Å². The minimum Gasteiger partial charge on any atom is -0.365 e. The van der Waals surface area contributed by atoms with Crippen LogP contribution in [-0.2, 0) is 19.4 Å². The average Bonchev–Trinajstić information content (AvgIpc) is 3.03. The van der Waals surface area contributed by atoms with Gasteiger partial charge in [0.2, 0.25) is 0 Å². The highest BCUT2D eigenvalue weighted by atomic mass is 32.2. The number of carbonyl (C=O) groups is 1. The molecule has 5 nitrogen and oxygen atoms in total. The minimum atomic E-state index is -2.96. The quantitative estimate of drug-likeness (QED) is 0.769. The molecule has 2 atom stereocenters. The van der Waals surface area contributed by atoms with E-state index in [0.29, 0.717) is 12.8 Å². The van der Waals surface area contributed by atoms with Crippen molar-refractivity contribution < 1.29 is 17.9 Å². The Hall–Kier alpha value is -0.620. The van der Waals surface area contributed by atoms with Gasteiger partial charge < -0.3 is 9.64 Å². The van der Waals surface area contributed by atoms with Crippen LogP contribution in [0.2, 0.25) is 0 Å². The van der Waals surface area contributed by atoms with Crippen LogP contribution in [0.5, 0.6) is 0 Å². The fourth-order valence-corrected chi connectivity index (χ4v) is 4.85. The minimum absolute atomic E-state index is 0.0681. The Morgan fingerprint density at radius 1 is 1.30 bits per heavy atom. The summed E-state index contributed by atoms with van der Waals surface area (Å²) in [5, 5.41) is 0. The van der Waals surface area contributed by atoms with Gasteiger partial charge in [-0.05, 0) is 25.7 Å². The summed E-state index contributed by atoms with van der Waals surface area (Å²) in [7, 11) is -1.26. The fourth-order valence-electron chi connectivity index (χ4n) is 3.07. The number of rotatable bonds is 5. The van der Waals surface area contributed by atoms with Crippen molar-refractivity contribution in [2.75, 3.05) is 18.6 Å². The predicted molar refractivity (Wildman–Crippen MR) is 77.2 cm³/mol. The van der Waals surface area contributed by atoms with Gasteiger partial charge in [-0.3, -0.25) is 4.79 Å². The van der Waals surface area contributed by atoms with Crippen molar-refractivity contribution in [3.63, 3.8) is 0 Å². The monoisotopic (exact) mass is 303 g/mol. The fraction of sp³-hybridized carbons (Fsp3) is 0.929. The standard InChI is InChI=1S/C14H25NO4S/c1-3-13(19-12-6-4-5-7-12)14(16)15(2)11-8-9-20(17,18)10-11/h11-13H,3-10H2,1-2H3/t11-,13-/m0/s1. The molecular formula is C14H25NO4S. The summed E-state index contributed by atoms with van der Waals surface area (Å²) >= 11 is 0. The second kappa shape index (κ2) is 6.43. The number of ether oxygens (including phenoxy) is 1. The van der Waals surface area contributed by atoms with Crippen molar-refractivity contribution in [3.05, 3.63) is 0 Å². The van der Waals surface area contributed by atoms with E-state index in [2.05, 4.69) is 0 Å². The smallest absolute Gasteiger partial charge is 0.251 e. The van der Waals surface area contributed by atoms with Crippen molar-refractivity contribution in [2.24, 2.45) is 0 Å². The van der Waals surface area contributed by atoms with E-state index in [0.717, 1.165) is 12.8 Å². The molecule has 0 aromatic heterocycles. The summed E-state index contributed by atoms with van der Waals surface area (Å²) in [6.07, 6.45) is 5.37. The molecule has 0 bridgehead atoms. The lowest BCUT2D eigenvalue weighted by Crippen LogP contribution is -2.45. The lowest BCUT2D eigenvalue weighted by atomic mass is 10.1. The van der Waals surface area contributed by atoms with Gasteiger partial charge in [0.15, 0.2) is 9.84 Å². The molecule has 2 aliphatic rings. The maximum atomic E-state index is 12.5. The third kappa shape index (κ3) is 3.73. The molecule has 6 heteroatoms. The Morgan fingerprint density at radius 3 is 2.45 bits per heavy atom. The second-order valence-electron chi connectivity index (χ2n) is 5.95. The van der Waals surface area contributed by atoms with E-state index in [1.54, 1.807) is 11.9 Å². The Labute approximate surface area is 121 Å². The zero-order chi connectivity index (χ0) is 14.8. The highest BCUT2D eigenvalue weighted by molar-refractivity contribution is 7.91. The SMILES string of the molecule is CC[C@H](OC1CCCC1)C(=O)N(C)[C@H]1CCS(=O)(=O)C1. The Balaban J connectivity index is 1.93. The average molecular weight is 303 g/mol. The number of nitrogens with zero attached hydrogens (tertiary/aromatic N) is 1. The van der Waals surface area contributed by atoms with Crippen molar-refractivity contribution in [2.45, 2.75) is 63.7 Å². The lowest BCUT2D eigenvalue weighted by molar-refractivity contribution is -0.148. The van der Waals surface area contributed by atoms with Crippen LogP contribution in [0.15, 0.2) is 0 Å². The molecule has 2 fully saturated rings. The van der Waals surface area contributed by atoms with Crippen LogP contribution in [-0.4, -0.2) is 56.0 Å². The van der Waals surface area contributed by atoms with Crippen LogP contribution in [0, 0.1) is 0 Å². The first kappa shape index (κ1) is 15.8. The third-order valence-corrected chi connectivity index (χ3v) is 6.16. The van der Waals surface area contributed by atoms with Gasteiger partial charge in [0.05, 0.1) is 17.6 Å². The molecule has 0 aromatic carbocycles. The third-order valence-electron chi connectivity index (χ3n) is 4.41. The molecular weight excluding hydrogens is 278 g/mol. The highest BCUT2D eigenvalue weighted by Crippen LogP contribution is 2.24. The molecule has 2 rings (SSSR count). The number of hydrogen-bond acceptors (Lipinski definition) is 4. The molecule has 0 aromatic rings. The van der Waals surface area contributed by atoms with Crippen LogP contribution < -0.4 is 0 Å². The topological polar surface area (TPSA) is 63.7 Å². The maximum Gasteiger partial charge on any atom is 0.251 e. The molecule has 1 heterocycles. The lowest BCUT2D eigenvalue weighted by Gasteiger charge is -2.29. The Kier molecular flexibility index (Phi) is 5.07. The summed E-state index contributed by atoms with van der Waals surface area (Å²) < 4.78 is 28.9. The summed E-state index contributed by atoms with van der Waals surface area (Å²) in [4.78, 5) is 14.1. The summed E-state index contributed by atoms with van der Waals surface area (Å²) in [5.41, 5.74) is 0. The molecule has 1 saturated carbocycles. The normalized spacial score (nSPS) is 27.6. The first-order chi connectivity index (χ1) is 9.43. The van der Waals surface area contributed by atoms with Gasteiger partial charge in [0, 0.05) is 13.1 Å². The van der Waals surface area contributed by atoms with Crippen molar-refractivity contribution in [1.29, 1.82) is 0 Å². The molecule has 1 aliphatic heterocycles. The first-order valence-electron chi connectivity index (χ1n) is 7.55. The largest absolute Gasteiger partial charge is 0.365 e. The van der Waals surface area contributed by atoms with Crippen LogP contribution in [0.1, 0.15) is 45.4 Å². The van der Waals surface area contributed by atoms with Crippen molar-refractivity contribution >= 4 is 15.7 Å². The van der Waals surface area contributed by atoms with Gasteiger partial charge >= 0.3 is 0 Å². The number of likely N-dealkylation sites (N-methyl/N-ethyl adjacent to an activating group) is 1. The van der Waals surface area contributed by atoms with Crippen molar-refractivity contribution in [3.8, 4) is 0 Å². The first-order valence-corrected chi connectivity index (χ1v) is 9.37. The molecule has 20 heavy (non-hydrogen) atoms. The summed E-state index contributed by atoms with van der Waals surface area (Å²) in [6, 6.07) is -0.186. The Bertz CT molecular complexity index is 442. The summed E-state index contributed by atoms with van der Waals surface area (Å²) in [5.74, 6) is 0.214. The zero-order valence-electron chi connectivity index (χ0n) is 12.4.